The predicted molar refractivity (Wildman–Crippen MR) is 146 cm³/mol. The van der Waals surface area contributed by atoms with Gasteiger partial charge in [-0.25, -0.2) is 14.6 Å². The van der Waals surface area contributed by atoms with Crippen LogP contribution in [0.4, 0.5) is 0 Å². The van der Waals surface area contributed by atoms with Gasteiger partial charge in [0.2, 0.25) is 0 Å². The van der Waals surface area contributed by atoms with E-state index in [0.29, 0.717) is 37.7 Å². The molecule has 0 unspecified atom stereocenters. The minimum Gasteiger partial charge on any atom is -0.478 e. The molecule has 2 aromatic heterocycles. The lowest BCUT2D eigenvalue weighted by Gasteiger charge is -2.24. The zero-order valence-corrected chi connectivity index (χ0v) is 22.7. The Balaban J connectivity index is 1.61. The average molecular weight is 593 g/mol. The van der Waals surface area contributed by atoms with Crippen LogP contribution in [0.1, 0.15) is 41.6 Å². The number of ether oxygens (including phenoxy) is 1. The van der Waals surface area contributed by atoms with Crippen molar-refractivity contribution >= 4 is 45.3 Å². The zero-order valence-electron chi connectivity index (χ0n) is 20.3. The Hall–Kier alpha value is -4.02. The van der Waals surface area contributed by atoms with Crippen LogP contribution in [0.3, 0.4) is 0 Å². The van der Waals surface area contributed by atoms with Crippen LogP contribution in [0.5, 0.6) is 0 Å². The molecular formula is C28H21BrN2O6S. The third-order valence-corrected chi connectivity index (χ3v) is 7.51. The van der Waals surface area contributed by atoms with Crippen molar-refractivity contribution < 1.29 is 23.8 Å². The molecule has 1 aliphatic heterocycles. The maximum Gasteiger partial charge on any atom is 0.338 e. The highest BCUT2D eigenvalue weighted by molar-refractivity contribution is 9.10. The number of rotatable bonds is 6. The number of nitrogens with zero attached hydrogens (tertiary/aromatic N) is 2. The number of hydrogen-bond acceptors (Lipinski definition) is 7. The van der Waals surface area contributed by atoms with E-state index in [1.165, 1.54) is 28.0 Å². The maximum absolute atomic E-state index is 13.7. The van der Waals surface area contributed by atoms with Crippen molar-refractivity contribution in [1.82, 2.24) is 4.57 Å². The van der Waals surface area contributed by atoms with Gasteiger partial charge in [-0.05, 0) is 55.8 Å². The minimum atomic E-state index is -1.03. The summed E-state index contributed by atoms with van der Waals surface area (Å²) in [6, 6.07) is 16.6. The largest absolute Gasteiger partial charge is 0.478 e. The fraction of sp³-hybridized carbons (Fsp3) is 0.143. The summed E-state index contributed by atoms with van der Waals surface area (Å²) in [4.78, 5) is 43.0. The smallest absolute Gasteiger partial charge is 0.338 e. The fourth-order valence-electron chi connectivity index (χ4n) is 4.27. The third-order valence-electron chi connectivity index (χ3n) is 6.00. The number of halogens is 1. The third kappa shape index (κ3) is 4.80. The van der Waals surface area contributed by atoms with Crippen molar-refractivity contribution in [3.05, 3.63) is 113 Å². The summed E-state index contributed by atoms with van der Waals surface area (Å²) in [5.41, 5.74) is 1.98. The van der Waals surface area contributed by atoms with Gasteiger partial charge in [0.1, 0.15) is 11.5 Å². The molecule has 0 fully saturated rings. The fourth-order valence-corrected chi connectivity index (χ4v) is 5.56. The first-order valence-electron chi connectivity index (χ1n) is 11.7. The lowest BCUT2D eigenvalue weighted by molar-refractivity contribution is -0.139. The number of aromatic carboxylic acids is 1. The highest BCUT2D eigenvalue weighted by atomic mass is 79.9. The van der Waals surface area contributed by atoms with Gasteiger partial charge < -0.3 is 14.3 Å². The van der Waals surface area contributed by atoms with Gasteiger partial charge in [0.05, 0.1) is 34.0 Å². The Morgan fingerprint density at radius 1 is 1.18 bits per heavy atom. The molecule has 1 aliphatic rings. The van der Waals surface area contributed by atoms with E-state index < -0.39 is 18.0 Å². The number of benzene rings is 2. The highest BCUT2D eigenvalue weighted by Gasteiger charge is 2.33. The Morgan fingerprint density at radius 3 is 2.66 bits per heavy atom. The second-order valence-corrected chi connectivity index (χ2v) is 10.4. The highest BCUT2D eigenvalue weighted by Crippen LogP contribution is 2.31. The van der Waals surface area contributed by atoms with Crippen LogP contribution in [-0.2, 0) is 9.53 Å². The van der Waals surface area contributed by atoms with Gasteiger partial charge in [0, 0.05) is 16.1 Å². The molecule has 5 rings (SSSR count). The van der Waals surface area contributed by atoms with E-state index >= 15 is 0 Å². The van der Waals surface area contributed by atoms with Gasteiger partial charge in [0.15, 0.2) is 4.80 Å². The van der Waals surface area contributed by atoms with Gasteiger partial charge in [-0.3, -0.25) is 9.36 Å². The molecule has 0 amide bonds. The summed E-state index contributed by atoms with van der Waals surface area (Å²) in [7, 11) is 0. The summed E-state index contributed by atoms with van der Waals surface area (Å²) in [5, 5.41) is 9.27. The number of thiazole rings is 1. The van der Waals surface area contributed by atoms with E-state index in [1.54, 1.807) is 44.2 Å². The number of aromatic nitrogens is 1. The number of carboxylic acid groups (broad SMARTS) is 1. The van der Waals surface area contributed by atoms with Crippen molar-refractivity contribution in [1.29, 1.82) is 0 Å². The summed E-state index contributed by atoms with van der Waals surface area (Å²) in [6.45, 7) is 3.66. The first-order chi connectivity index (χ1) is 18.3. The number of esters is 1. The molecule has 0 saturated heterocycles. The van der Waals surface area contributed by atoms with Crippen LogP contribution in [0, 0.1) is 0 Å². The Morgan fingerprint density at radius 2 is 1.95 bits per heavy atom. The van der Waals surface area contributed by atoms with Crippen LogP contribution >= 0.6 is 27.3 Å². The lowest BCUT2D eigenvalue weighted by Crippen LogP contribution is -2.39. The molecular weight excluding hydrogens is 572 g/mol. The lowest BCUT2D eigenvalue weighted by atomic mass is 9.96. The van der Waals surface area contributed by atoms with Crippen molar-refractivity contribution in [2.45, 2.75) is 19.9 Å². The van der Waals surface area contributed by atoms with Gasteiger partial charge in [0.25, 0.3) is 5.56 Å². The number of hydrogen-bond donors (Lipinski definition) is 1. The van der Waals surface area contributed by atoms with Crippen LogP contribution < -0.4 is 14.9 Å². The number of carboxylic acids is 1. The molecule has 3 heterocycles. The Labute approximate surface area is 229 Å². The molecule has 1 N–H and O–H groups in total. The monoisotopic (exact) mass is 592 g/mol. The molecule has 2 aromatic carbocycles. The van der Waals surface area contributed by atoms with Crippen LogP contribution in [-0.4, -0.2) is 28.2 Å². The molecule has 10 heteroatoms. The van der Waals surface area contributed by atoms with E-state index in [9.17, 15) is 19.5 Å². The minimum absolute atomic E-state index is 0.148. The molecule has 192 valence electrons. The van der Waals surface area contributed by atoms with Crippen molar-refractivity contribution in [2.75, 3.05) is 6.61 Å². The van der Waals surface area contributed by atoms with E-state index in [-0.39, 0.29) is 17.7 Å². The van der Waals surface area contributed by atoms with Crippen molar-refractivity contribution in [3.8, 4) is 11.3 Å². The molecule has 0 saturated carbocycles. The SMILES string of the molecule is CCOC(=O)C1=C(C)N=c2s/c(=C\c3ccc(-c4cccc(C(=O)O)c4)o3)c(=O)n2[C@@H]1c1ccc(Br)cc1. The second-order valence-electron chi connectivity index (χ2n) is 8.44. The summed E-state index contributed by atoms with van der Waals surface area (Å²) in [6.07, 6.45) is 1.62. The van der Waals surface area contributed by atoms with Crippen molar-refractivity contribution in [3.63, 3.8) is 0 Å². The maximum atomic E-state index is 13.7. The normalized spacial score (nSPS) is 15.2. The van der Waals surface area contributed by atoms with Gasteiger partial charge in [-0.15, -0.1) is 0 Å². The summed E-state index contributed by atoms with van der Waals surface area (Å²) >= 11 is 4.63. The van der Waals surface area contributed by atoms with Gasteiger partial charge in [-0.2, -0.15) is 0 Å². The Bertz CT molecular complexity index is 1780. The van der Waals surface area contributed by atoms with Crippen molar-refractivity contribution in [2.24, 2.45) is 4.99 Å². The molecule has 0 spiro atoms. The molecule has 0 bridgehead atoms. The zero-order chi connectivity index (χ0) is 27.0. The molecule has 0 radical (unpaired) electrons. The standard InChI is InChI=1S/C28H21BrN2O6S/c1-3-36-27(35)23-15(2)30-28-31(24(23)16-7-9-19(29)10-8-16)25(32)22(38-28)14-20-11-12-21(37-20)17-5-4-6-18(13-17)26(33)34/h4-14,24H,3H2,1-2H3,(H,33,34)/b22-14-/t24-/m1/s1. The molecule has 1 atom stereocenters. The van der Waals surface area contributed by atoms with Crippen LogP contribution in [0.2, 0.25) is 0 Å². The number of furan rings is 1. The van der Waals surface area contributed by atoms with E-state index in [1.807, 2.05) is 24.3 Å². The van der Waals surface area contributed by atoms with Crippen LogP contribution in [0.25, 0.3) is 17.4 Å². The molecule has 4 aromatic rings. The average Bonchev–Trinajstić information content (AvgIpc) is 3.48. The Kier molecular flexibility index (Phi) is 7.00. The number of carbonyl (C=O) groups excluding carboxylic acids is 1. The second kappa shape index (κ2) is 10.4. The number of carbonyl (C=O) groups is 2. The van der Waals surface area contributed by atoms with E-state index in [4.69, 9.17) is 9.15 Å². The quantitative estimate of drug-likeness (QED) is 0.329. The van der Waals surface area contributed by atoms with Crippen LogP contribution in [0.15, 0.2) is 90.6 Å². The molecule has 0 aliphatic carbocycles. The first kappa shape index (κ1) is 25.6. The van der Waals surface area contributed by atoms with Gasteiger partial charge in [-0.1, -0.05) is 51.5 Å². The predicted octanol–water partition coefficient (Wildman–Crippen LogP) is 4.52. The van der Waals surface area contributed by atoms with Gasteiger partial charge >= 0.3 is 11.9 Å². The summed E-state index contributed by atoms with van der Waals surface area (Å²) in [5.74, 6) is -0.652. The van der Waals surface area contributed by atoms with E-state index in [0.717, 1.165) is 10.0 Å². The number of fused-ring (bicyclic) bond motifs is 1. The molecule has 38 heavy (non-hydrogen) atoms. The number of allylic oxidation sites excluding steroid dienone is 1. The molecule has 8 nitrogen and oxygen atoms in total. The first-order valence-corrected chi connectivity index (χ1v) is 13.3. The van der Waals surface area contributed by atoms with E-state index in [2.05, 4.69) is 20.9 Å². The topological polar surface area (TPSA) is 111 Å². The summed E-state index contributed by atoms with van der Waals surface area (Å²) < 4.78 is 14.0.